The number of rotatable bonds is 6. The van der Waals surface area contributed by atoms with Gasteiger partial charge < -0.3 is 9.80 Å². The van der Waals surface area contributed by atoms with Crippen molar-refractivity contribution >= 4 is 11.8 Å². The van der Waals surface area contributed by atoms with Crippen LogP contribution in [0.1, 0.15) is 88.2 Å². The molecule has 3 aliphatic rings. The fourth-order valence-corrected chi connectivity index (χ4v) is 6.68. The molecule has 0 bridgehead atoms. The van der Waals surface area contributed by atoms with Crippen molar-refractivity contribution < 1.29 is 9.59 Å². The lowest BCUT2D eigenvalue weighted by atomic mass is 9.71. The first-order chi connectivity index (χ1) is 17.2. The molecular weight excluding hydrogens is 432 g/mol. The van der Waals surface area contributed by atoms with E-state index in [1.807, 2.05) is 0 Å². The van der Waals surface area contributed by atoms with Crippen molar-refractivity contribution in [2.45, 2.75) is 82.5 Å². The van der Waals surface area contributed by atoms with Crippen LogP contribution in [0.4, 0.5) is 0 Å². The molecule has 2 saturated heterocycles. The molecule has 0 unspecified atom stereocenters. The Labute approximate surface area is 210 Å². The molecule has 2 heterocycles. The lowest BCUT2D eigenvalue weighted by Gasteiger charge is -2.34. The number of fused-ring (bicyclic) bond motifs is 3. The van der Waals surface area contributed by atoms with Crippen LogP contribution in [-0.4, -0.2) is 47.8 Å². The minimum Gasteiger partial charge on any atom is -0.343 e. The molecule has 0 radical (unpaired) electrons. The number of benzene rings is 2. The van der Waals surface area contributed by atoms with Gasteiger partial charge in [0.05, 0.1) is 0 Å². The molecule has 0 N–H and O–H groups in total. The number of carbonyl (C=O) groups excluding carboxylic acids is 2. The van der Waals surface area contributed by atoms with Crippen LogP contribution in [0.2, 0.25) is 0 Å². The minimum absolute atomic E-state index is 0.282. The highest BCUT2D eigenvalue weighted by atomic mass is 16.2. The molecule has 0 aromatic heterocycles. The summed E-state index contributed by atoms with van der Waals surface area (Å²) in [7, 11) is 0. The molecule has 2 fully saturated rings. The van der Waals surface area contributed by atoms with Gasteiger partial charge in [-0.05, 0) is 60.8 Å². The summed E-state index contributed by atoms with van der Waals surface area (Å²) in [5.74, 6) is 0.568. The van der Waals surface area contributed by atoms with Crippen LogP contribution in [0, 0.1) is 0 Å². The van der Waals surface area contributed by atoms with Gasteiger partial charge >= 0.3 is 0 Å². The highest BCUT2D eigenvalue weighted by Crippen LogP contribution is 2.53. The highest BCUT2D eigenvalue weighted by Gasteiger charge is 2.43. The van der Waals surface area contributed by atoms with Gasteiger partial charge in [-0.15, -0.1) is 0 Å². The zero-order valence-corrected chi connectivity index (χ0v) is 21.1. The zero-order valence-electron chi connectivity index (χ0n) is 21.1. The van der Waals surface area contributed by atoms with Gasteiger partial charge in [-0.25, -0.2) is 0 Å². The Balaban J connectivity index is 1.42. The molecule has 35 heavy (non-hydrogen) atoms. The molecular formula is C31H40N2O2. The summed E-state index contributed by atoms with van der Waals surface area (Å²) in [5.41, 5.74) is 4.86. The van der Waals surface area contributed by atoms with Crippen molar-refractivity contribution in [3.05, 3.63) is 59.7 Å². The van der Waals surface area contributed by atoms with Crippen LogP contribution in [0.5, 0.6) is 0 Å². The summed E-state index contributed by atoms with van der Waals surface area (Å²) in [5, 5.41) is 0. The van der Waals surface area contributed by atoms with Crippen molar-refractivity contribution in [1.82, 2.24) is 9.80 Å². The molecule has 2 aliphatic heterocycles. The Hall–Kier alpha value is -2.62. The second-order valence-corrected chi connectivity index (χ2v) is 10.8. The van der Waals surface area contributed by atoms with E-state index in [0.29, 0.717) is 12.8 Å². The number of carbonyl (C=O) groups is 2. The lowest BCUT2D eigenvalue weighted by Crippen LogP contribution is -2.36. The van der Waals surface area contributed by atoms with Gasteiger partial charge in [-0.3, -0.25) is 9.59 Å². The third kappa shape index (κ3) is 5.03. The van der Waals surface area contributed by atoms with E-state index in [-0.39, 0.29) is 17.2 Å². The average molecular weight is 473 g/mol. The van der Waals surface area contributed by atoms with Gasteiger partial charge in [-0.1, -0.05) is 74.2 Å². The van der Waals surface area contributed by atoms with Gasteiger partial charge in [-0.2, -0.15) is 0 Å². The summed E-state index contributed by atoms with van der Waals surface area (Å²) < 4.78 is 0. The number of nitrogens with zero attached hydrogens (tertiary/aromatic N) is 2. The van der Waals surface area contributed by atoms with E-state index >= 15 is 0 Å². The molecule has 0 saturated carbocycles. The van der Waals surface area contributed by atoms with Crippen molar-refractivity contribution in [3.8, 4) is 11.1 Å². The van der Waals surface area contributed by atoms with E-state index in [4.69, 9.17) is 0 Å². The van der Waals surface area contributed by atoms with Crippen LogP contribution in [0.25, 0.3) is 11.1 Å². The van der Waals surface area contributed by atoms with Gasteiger partial charge in [0, 0.05) is 44.4 Å². The number of amides is 2. The normalized spacial score (nSPS) is 19.4. The second kappa shape index (κ2) is 11.0. The summed E-state index contributed by atoms with van der Waals surface area (Å²) in [6, 6.07) is 17.4. The highest BCUT2D eigenvalue weighted by molar-refractivity contribution is 5.83. The maximum absolute atomic E-state index is 13.3. The predicted octanol–water partition coefficient (Wildman–Crippen LogP) is 6.32. The van der Waals surface area contributed by atoms with Gasteiger partial charge in [0.25, 0.3) is 0 Å². The first kappa shape index (κ1) is 24.1. The van der Waals surface area contributed by atoms with Gasteiger partial charge in [0.2, 0.25) is 11.8 Å². The molecule has 2 aromatic carbocycles. The topological polar surface area (TPSA) is 40.6 Å². The Morgan fingerprint density at radius 3 is 1.34 bits per heavy atom. The third-order valence-electron chi connectivity index (χ3n) is 8.62. The van der Waals surface area contributed by atoms with E-state index < -0.39 is 0 Å². The monoisotopic (exact) mass is 472 g/mol. The standard InChI is InChI=1S/C31H40N2O2/c34-29(32-21-9-1-2-10-22-32)17-19-31(20-18-30(35)33-23-11-3-4-12-24-33)27-15-7-5-13-25(27)26-14-6-8-16-28(26)31/h5-8,13-16H,1-4,9-12,17-24H2. The average Bonchev–Trinajstić information content (AvgIpc) is 3.20. The molecule has 2 aromatic rings. The molecule has 2 amide bonds. The van der Waals surface area contributed by atoms with E-state index in [1.165, 1.54) is 47.9 Å². The molecule has 0 atom stereocenters. The van der Waals surface area contributed by atoms with E-state index in [2.05, 4.69) is 58.3 Å². The van der Waals surface area contributed by atoms with Crippen molar-refractivity contribution in [2.75, 3.05) is 26.2 Å². The molecule has 1 aliphatic carbocycles. The molecule has 5 rings (SSSR count). The Bertz CT molecular complexity index is 946. The molecule has 186 valence electrons. The third-order valence-corrected chi connectivity index (χ3v) is 8.62. The largest absolute Gasteiger partial charge is 0.343 e. The fraction of sp³-hybridized carbons (Fsp3) is 0.548. The number of hydrogen-bond acceptors (Lipinski definition) is 2. The van der Waals surface area contributed by atoms with Crippen LogP contribution in [-0.2, 0) is 15.0 Å². The smallest absolute Gasteiger partial charge is 0.222 e. The van der Waals surface area contributed by atoms with Crippen molar-refractivity contribution in [3.63, 3.8) is 0 Å². The summed E-state index contributed by atoms with van der Waals surface area (Å²) in [4.78, 5) is 30.9. The predicted molar refractivity (Wildman–Crippen MR) is 141 cm³/mol. The minimum atomic E-state index is -0.282. The van der Waals surface area contributed by atoms with E-state index in [1.54, 1.807) is 0 Å². The Morgan fingerprint density at radius 2 is 0.943 bits per heavy atom. The first-order valence-electron chi connectivity index (χ1n) is 13.9. The number of hydrogen-bond donors (Lipinski definition) is 0. The Morgan fingerprint density at radius 1 is 0.571 bits per heavy atom. The van der Waals surface area contributed by atoms with Crippen LogP contribution in [0.15, 0.2) is 48.5 Å². The van der Waals surface area contributed by atoms with Crippen molar-refractivity contribution in [2.24, 2.45) is 0 Å². The molecule has 0 spiro atoms. The summed E-state index contributed by atoms with van der Waals surface area (Å²) in [6.07, 6.45) is 12.0. The maximum Gasteiger partial charge on any atom is 0.222 e. The zero-order chi connectivity index (χ0) is 24.1. The van der Waals surface area contributed by atoms with Gasteiger partial charge in [0.15, 0.2) is 0 Å². The SMILES string of the molecule is O=C(CCC1(CCC(=O)N2CCCCCC2)c2ccccc2-c2ccccc21)N1CCCCCC1. The summed E-state index contributed by atoms with van der Waals surface area (Å²) >= 11 is 0. The van der Waals surface area contributed by atoms with E-state index in [0.717, 1.165) is 64.7 Å². The quantitative estimate of drug-likeness (QED) is 0.494. The van der Waals surface area contributed by atoms with E-state index in [9.17, 15) is 9.59 Å². The van der Waals surface area contributed by atoms with Gasteiger partial charge in [0.1, 0.15) is 0 Å². The van der Waals surface area contributed by atoms with Crippen LogP contribution >= 0.6 is 0 Å². The molecule has 4 nitrogen and oxygen atoms in total. The molecule has 4 heteroatoms. The first-order valence-corrected chi connectivity index (χ1v) is 13.9. The summed E-state index contributed by atoms with van der Waals surface area (Å²) in [6.45, 7) is 3.58. The number of likely N-dealkylation sites (tertiary alicyclic amines) is 2. The lowest BCUT2D eigenvalue weighted by molar-refractivity contribution is -0.131. The second-order valence-electron chi connectivity index (χ2n) is 10.8. The fourth-order valence-electron chi connectivity index (χ4n) is 6.68. The van der Waals surface area contributed by atoms with Crippen molar-refractivity contribution in [1.29, 1.82) is 0 Å². The Kier molecular flexibility index (Phi) is 7.55. The van der Waals surface area contributed by atoms with Crippen LogP contribution < -0.4 is 0 Å². The maximum atomic E-state index is 13.3. The van der Waals surface area contributed by atoms with Crippen LogP contribution in [0.3, 0.4) is 0 Å².